The molecule has 0 radical (unpaired) electrons. The van der Waals surface area contributed by atoms with E-state index in [1.165, 1.54) is 24.3 Å². The van der Waals surface area contributed by atoms with Gasteiger partial charge in [-0.15, -0.1) is 0 Å². The largest absolute Gasteiger partial charge is 0.383 e. The fourth-order valence-corrected chi connectivity index (χ4v) is 1.71. The molecule has 1 aromatic rings. The van der Waals surface area contributed by atoms with Crippen LogP contribution in [0.2, 0.25) is 0 Å². The molecule has 0 aliphatic heterocycles. The summed E-state index contributed by atoms with van der Waals surface area (Å²) < 4.78 is 4.91. The van der Waals surface area contributed by atoms with Crippen molar-refractivity contribution < 1.29 is 14.5 Å². The van der Waals surface area contributed by atoms with Crippen molar-refractivity contribution in [2.45, 2.75) is 4.83 Å². The van der Waals surface area contributed by atoms with Crippen LogP contribution in [-0.4, -0.2) is 35.9 Å². The number of carbonyl (C=O) groups excluding carboxylic acids is 1. The summed E-state index contributed by atoms with van der Waals surface area (Å²) in [7, 11) is 1.58. The number of alkyl halides is 1. The van der Waals surface area contributed by atoms with Crippen molar-refractivity contribution in [1.82, 2.24) is 5.32 Å². The smallest absolute Gasteiger partial charge is 0.269 e. The summed E-state index contributed by atoms with van der Waals surface area (Å²) in [6.07, 6.45) is 0. The Hall–Kier alpha value is -1.47. The molecule has 0 aliphatic carbocycles. The summed E-state index contributed by atoms with van der Waals surface area (Å²) in [5, 5.41) is 13.2. The second kappa shape index (κ2) is 7.07. The highest BCUT2D eigenvalue weighted by atomic mass is 79.9. The number of nitro groups is 1. The van der Waals surface area contributed by atoms with E-state index in [4.69, 9.17) is 4.74 Å². The number of nitro benzene ring substituents is 1. The van der Waals surface area contributed by atoms with E-state index < -0.39 is 4.92 Å². The molecular formula is C11H13BrN2O4. The van der Waals surface area contributed by atoms with E-state index in [1.807, 2.05) is 0 Å². The lowest BCUT2D eigenvalue weighted by atomic mass is 10.2. The molecule has 1 amide bonds. The van der Waals surface area contributed by atoms with Gasteiger partial charge in [0.1, 0.15) is 0 Å². The van der Waals surface area contributed by atoms with Crippen LogP contribution in [0.1, 0.15) is 10.4 Å². The predicted octanol–water partition coefficient (Wildman–Crippen LogP) is 1.73. The van der Waals surface area contributed by atoms with E-state index in [0.717, 1.165) is 0 Å². The van der Waals surface area contributed by atoms with Gasteiger partial charge in [-0.2, -0.15) is 0 Å². The van der Waals surface area contributed by atoms with Crippen LogP contribution in [0.3, 0.4) is 0 Å². The second-order valence-electron chi connectivity index (χ2n) is 3.57. The minimum Gasteiger partial charge on any atom is -0.383 e. The number of methoxy groups -OCH3 is 1. The Labute approximate surface area is 113 Å². The molecule has 0 saturated carbocycles. The third-order valence-electron chi connectivity index (χ3n) is 2.17. The van der Waals surface area contributed by atoms with E-state index in [1.54, 1.807) is 7.11 Å². The fraction of sp³-hybridized carbons (Fsp3) is 0.364. The van der Waals surface area contributed by atoms with Gasteiger partial charge < -0.3 is 10.1 Å². The molecule has 1 unspecified atom stereocenters. The molecular weight excluding hydrogens is 304 g/mol. The number of carbonyl (C=O) groups is 1. The minimum atomic E-state index is -0.505. The number of non-ortho nitro benzene ring substituents is 1. The average Bonchev–Trinajstić information content (AvgIpc) is 2.36. The maximum Gasteiger partial charge on any atom is 0.269 e. The maximum absolute atomic E-state index is 11.7. The van der Waals surface area contributed by atoms with Crippen molar-refractivity contribution in [3.63, 3.8) is 0 Å². The van der Waals surface area contributed by atoms with Crippen molar-refractivity contribution in [2.24, 2.45) is 0 Å². The lowest BCUT2D eigenvalue weighted by Gasteiger charge is -2.09. The van der Waals surface area contributed by atoms with Gasteiger partial charge >= 0.3 is 0 Å². The molecule has 0 heterocycles. The molecule has 1 N–H and O–H groups in total. The molecule has 1 rings (SSSR count). The normalized spacial score (nSPS) is 11.9. The quantitative estimate of drug-likeness (QED) is 0.492. The first kappa shape index (κ1) is 14.6. The van der Waals surface area contributed by atoms with Gasteiger partial charge in [-0.1, -0.05) is 15.9 Å². The zero-order chi connectivity index (χ0) is 13.5. The van der Waals surface area contributed by atoms with Crippen LogP contribution in [0.5, 0.6) is 0 Å². The van der Waals surface area contributed by atoms with Crippen LogP contribution >= 0.6 is 15.9 Å². The van der Waals surface area contributed by atoms with Gasteiger partial charge in [0.15, 0.2) is 0 Å². The topological polar surface area (TPSA) is 81.5 Å². The molecule has 98 valence electrons. The summed E-state index contributed by atoms with van der Waals surface area (Å²) in [6.45, 7) is 0.907. The van der Waals surface area contributed by atoms with E-state index in [2.05, 4.69) is 21.2 Å². The third kappa shape index (κ3) is 4.42. The van der Waals surface area contributed by atoms with Crippen molar-refractivity contribution in [3.8, 4) is 0 Å². The first-order valence-electron chi connectivity index (χ1n) is 5.20. The van der Waals surface area contributed by atoms with Crippen LogP contribution in [0.15, 0.2) is 24.3 Å². The number of rotatable bonds is 6. The number of benzene rings is 1. The summed E-state index contributed by atoms with van der Waals surface area (Å²) in [5.41, 5.74) is 0.349. The van der Waals surface area contributed by atoms with E-state index in [-0.39, 0.29) is 16.4 Å². The first-order valence-corrected chi connectivity index (χ1v) is 6.12. The Bertz CT molecular complexity index is 422. The molecule has 0 bridgehead atoms. The van der Waals surface area contributed by atoms with Crippen LogP contribution in [0.25, 0.3) is 0 Å². The summed E-state index contributed by atoms with van der Waals surface area (Å²) in [5.74, 6) is -0.273. The van der Waals surface area contributed by atoms with E-state index >= 15 is 0 Å². The van der Waals surface area contributed by atoms with Crippen molar-refractivity contribution >= 4 is 27.5 Å². The maximum atomic E-state index is 11.7. The summed E-state index contributed by atoms with van der Waals surface area (Å²) >= 11 is 3.34. The number of nitrogens with zero attached hydrogens (tertiary/aromatic N) is 1. The molecule has 7 heteroatoms. The van der Waals surface area contributed by atoms with Crippen molar-refractivity contribution in [1.29, 1.82) is 0 Å². The minimum absolute atomic E-state index is 0.0319. The molecule has 0 fully saturated rings. The highest BCUT2D eigenvalue weighted by Gasteiger charge is 2.10. The number of amides is 1. The van der Waals surface area contributed by atoms with Crippen LogP contribution in [0.4, 0.5) is 5.69 Å². The number of hydrogen-bond donors (Lipinski definition) is 1. The standard InChI is InChI=1S/C11H13BrN2O4/c1-18-7-9(12)6-13-11(15)8-2-4-10(5-3-8)14(16)17/h2-5,9H,6-7H2,1H3,(H,13,15). The Morgan fingerprint density at radius 1 is 1.50 bits per heavy atom. The lowest BCUT2D eigenvalue weighted by molar-refractivity contribution is -0.384. The Morgan fingerprint density at radius 3 is 2.61 bits per heavy atom. The highest BCUT2D eigenvalue weighted by Crippen LogP contribution is 2.11. The van der Waals surface area contributed by atoms with Crippen LogP contribution in [0, 0.1) is 10.1 Å². The van der Waals surface area contributed by atoms with Gasteiger partial charge in [-0.25, -0.2) is 0 Å². The van der Waals surface area contributed by atoms with Gasteiger partial charge in [0.2, 0.25) is 0 Å². The van der Waals surface area contributed by atoms with Gasteiger partial charge in [-0.05, 0) is 12.1 Å². The zero-order valence-corrected chi connectivity index (χ0v) is 11.3. The molecule has 0 spiro atoms. The molecule has 1 aromatic carbocycles. The molecule has 1 atom stereocenters. The number of halogens is 1. The Morgan fingerprint density at radius 2 is 2.11 bits per heavy atom. The fourth-order valence-electron chi connectivity index (χ4n) is 1.28. The summed E-state index contributed by atoms with van der Waals surface area (Å²) in [6, 6.07) is 5.45. The monoisotopic (exact) mass is 316 g/mol. The number of nitrogens with one attached hydrogen (secondary N) is 1. The molecule has 0 aromatic heterocycles. The van der Waals surface area contributed by atoms with Crippen molar-refractivity contribution in [2.75, 3.05) is 20.3 Å². The molecule has 0 saturated heterocycles. The van der Waals surface area contributed by atoms with E-state index in [9.17, 15) is 14.9 Å². The average molecular weight is 317 g/mol. The van der Waals surface area contributed by atoms with Gasteiger partial charge in [-0.3, -0.25) is 14.9 Å². The van der Waals surface area contributed by atoms with Crippen LogP contribution in [-0.2, 0) is 4.74 Å². The lowest BCUT2D eigenvalue weighted by Crippen LogP contribution is -2.31. The highest BCUT2D eigenvalue weighted by molar-refractivity contribution is 9.09. The van der Waals surface area contributed by atoms with Gasteiger partial charge in [0.25, 0.3) is 11.6 Å². The number of hydrogen-bond acceptors (Lipinski definition) is 4. The van der Waals surface area contributed by atoms with Gasteiger partial charge in [0.05, 0.1) is 16.4 Å². The Kier molecular flexibility index (Phi) is 5.73. The number of ether oxygens (including phenoxy) is 1. The van der Waals surface area contributed by atoms with Crippen LogP contribution < -0.4 is 5.32 Å². The summed E-state index contributed by atoms with van der Waals surface area (Å²) in [4.78, 5) is 21.7. The van der Waals surface area contributed by atoms with Crippen molar-refractivity contribution in [3.05, 3.63) is 39.9 Å². The SMILES string of the molecule is COCC(Br)CNC(=O)c1ccc([N+](=O)[O-])cc1. The second-order valence-corrected chi connectivity index (χ2v) is 4.86. The van der Waals surface area contributed by atoms with Gasteiger partial charge in [0, 0.05) is 31.4 Å². The molecule has 6 nitrogen and oxygen atoms in total. The first-order chi connectivity index (χ1) is 8.54. The molecule has 18 heavy (non-hydrogen) atoms. The Balaban J connectivity index is 2.54. The third-order valence-corrected chi connectivity index (χ3v) is 2.76. The van der Waals surface area contributed by atoms with E-state index in [0.29, 0.717) is 18.7 Å². The molecule has 0 aliphatic rings. The zero-order valence-electron chi connectivity index (χ0n) is 9.76. The predicted molar refractivity (Wildman–Crippen MR) is 70.0 cm³/mol.